The number of ether oxygens (including phenoxy) is 3. The van der Waals surface area contributed by atoms with Crippen molar-refractivity contribution in [1.82, 2.24) is 0 Å². The van der Waals surface area contributed by atoms with Crippen LogP contribution in [0.5, 0.6) is 0 Å². The standard InChI is InChI=1S/C52H90O6/c1-4-7-10-13-16-19-22-23-24-25-26-27-28-29-31-33-36-39-42-45-51(54)57-48-49(47-56-50(53)44-41-38-35-32-21-18-15-12-9-6-3)58-52(55)46-43-40-37-34-30-20-17-14-11-8-5-2/h14,16-17,19,23-24,26-27,29,31,49H,4-13,15,18,20-22,25,28,30,32-48H2,1-3H3/b17-14-,19-16-,24-23-,27-26-,31-29-/t49-/m1/s1. The number of unbranched alkanes of at least 4 members (excludes halogenated alkanes) is 22. The van der Waals surface area contributed by atoms with E-state index in [9.17, 15) is 14.4 Å². The summed E-state index contributed by atoms with van der Waals surface area (Å²) in [7, 11) is 0. The Morgan fingerprint density at radius 1 is 0.345 bits per heavy atom. The number of esters is 3. The molecule has 0 bridgehead atoms. The Morgan fingerprint density at radius 2 is 0.638 bits per heavy atom. The van der Waals surface area contributed by atoms with Crippen LogP contribution in [0.25, 0.3) is 0 Å². The van der Waals surface area contributed by atoms with Gasteiger partial charge in [-0.15, -0.1) is 0 Å². The maximum atomic E-state index is 12.7. The van der Waals surface area contributed by atoms with Crippen LogP contribution in [0.4, 0.5) is 0 Å². The largest absolute Gasteiger partial charge is 0.462 e. The first-order valence-electron chi connectivity index (χ1n) is 24.3. The van der Waals surface area contributed by atoms with Crippen LogP contribution in [-0.4, -0.2) is 37.2 Å². The average Bonchev–Trinajstić information content (AvgIpc) is 3.22. The molecule has 0 saturated carbocycles. The lowest BCUT2D eigenvalue weighted by molar-refractivity contribution is -0.167. The summed E-state index contributed by atoms with van der Waals surface area (Å²) in [6.07, 6.45) is 56.3. The molecule has 0 unspecified atom stereocenters. The molecule has 0 aromatic rings. The van der Waals surface area contributed by atoms with Crippen molar-refractivity contribution < 1.29 is 28.6 Å². The first-order valence-corrected chi connectivity index (χ1v) is 24.3. The van der Waals surface area contributed by atoms with Crippen molar-refractivity contribution in [2.75, 3.05) is 13.2 Å². The minimum Gasteiger partial charge on any atom is -0.462 e. The van der Waals surface area contributed by atoms with Gasteiger partial charge in [0.2, 0.25) is 0 Å². The molecule has 0 aliphatic rings. The molecule has 0 aliphatic carbocycles. The number of hydrogen-bond donors (Lipinski definition) is 0. The first kappa shape index (κ1) is 55.1. The van der Waals surface area contributed by atoms with Crippen LogP contribution >= 0.6 is 0 Å². The maximum absolute atomic E-state index is 12.7. The van der Waals surface area contributed by atoms with Crippen LogP contribution in [0.3, 0.4) is 0 Å². The van der Waals surface area contributed by atoms with E-state index >= 15 is 0 Å². The molecule has 0 amide bonds. The van der Waals surface area contributed by atoms with Gasteiger partial charge in [0.15, 0.2) is 6.10 Å². The number of allylic oxidation sites excluding steroid dienone is 10. The van der Waals surface area contributed by atoms with Crippen molar-refractivity contribution in [3.63, 3.8) is 0 Å². The van der Waals surface area contributed by atoms with Crippen LogP contribution in [0.1, 0.15) is 233 Å². The molecule has 58 heavy (non-hydrogen) atoms. The van der Waals surface area contributed by atoms with Gasteiger partial charge in [0.1, 0.15) is 13.2 Å². The fraction of sp³-hybridized carbons (Fsp3) is 0.750. The van der Waals surface area contributed by atoms with Gasteiger partial charge in [0, 0.05) is 19.3 Å². The summed E-state index contributed by atoms with van der Waals surface area (Å²) in [5.74, 6) is -0.931. The van der Waals surface area contributed by atoms with Crippen LogP contribution in [-0.2, 0) is 28.6 Å². The van der Waals surface area contributed by atoms with E-state index in [4.69, 9.17) is 14.2 Å². The minimum atomic E-state index is -0.787. The fourth-order valence-electron chi connectivity index (χ4n) is 6.52. The summed E-state index contributed by atoms with van der Waals surface area (Å²) in [4.78, 5) is 37.8. The second-order valence-electron chi connectivity index (χ2n) is 16.0. The van der Waals surface area contributed by atoms with Crippen molar-refractivity contribution in [2.24, 2.45) is 0 Å². The van der Waals surface area contributed by atoms with Gasteiger partial charge in [-0.3, -0.25) is 14.4 Å². The van der Waals surface area contributed by atoms with E-state index in [2.05, 4.69) is 81.5 Å². The van der Waals surface area contributed by atoms with Gasteiger partial charge in [-0.25, -0.2) is 0 Å². The molecular formula is C52H90O6. The number of rotatable bonds is 43. The molecule has 0 aromatic carbocycles. The third-order valence-corrected chi connectivity index (χ3v) is 10.2. The predicted molar refractivity (Wildman–Crippen MR) is 247 cm³/mol. The topological polar surface area (TPSA) is 78.9 Å². The molecule has 0 fully saturated rings. The molecule has 0 aliphatic heterocycles. The molecule has 0 spiro atoms. The number of carbonyl (C=O) groups is 3. The van der Waals surface area contributed by atoms with Gasteiger partial charge in [-0.05, 0) is 83.5 Å². The number of hydrogen-bond acceptors (Lipinski definition) is 6. The smallest absolute Gasteiger partial charge is 0.306 e. The summed E-state index contributed by atoms with van der Waals surface area (Å²) < 4.78 is 16.7. The minimum absolute atomic E-state index is 0.0868. The van der Waals surface area contributed by atoms with Gasteiger partial charge < -0.3 is 14.2 Å². The Kier molecular flexibility index (Phi) is 44.5. The van der Waals surface area contributed by atoms with Crippen molar-refractivity contribution in [3.05, 3.63) is 60.8 Å². The summed E-state index contributed by atoms with van der Waals surface area (Å²) >= 11 is 0. The Morgan fingerprint density at radius 3 is 1.09 bits per heavy atom. The van der Waals surface area contributed by atoms with E-state index < -0.39 is 6.10 Å². The van der Waals surface area contributed by atoms with Crippen molar-refractivity contribution in [1.29, 1.82) is 0 Å². The van der Waals surface area contributed by atoms with Crippen LogP contribution in [0.2, 0.25) is 0 Å². The molecule has 0 radical (unpaired) electrons. The molecule has 0 N–H and O–H groups in total. The monoisotopic (exact) mass is 811 g/mol. The highest BCUT2D eigenvalue weighted by atomic mass is 16.6. The Hall–Kier alpha value is -2.89. The van der Waals surface area contributed by atoms with Crippen molar-refractivity contribution >= 4 is 17.9 Å². The lowest BCUT2D eigenvalue weighted by atomic mass is 10.1. The Balaban J connectivity index is 4.39. The molecule has 6 heteroatoms. The average molecular weight is 811 g/mol. The lowest BCUT2D eigenvalue weighted by Gasteiger charge is -2.18. The van der Waals surface area contributed by atoms with Gasteiger partial charge in [-0.1, -0.05) is 191 Å². The second kappa shape index (κ2) is 46.8. The summed E-state index contributed by atoms with van der Waals surface area (Å²) in [5, 5.41) is 0. The zero-order valence-electron chi connectivity index (χ0n) is 38.0. The Labute approximate surface area is 358 Å². The highest BCUT2D eigenvalue weighted by Crippen LogP contribution is 2.14. The van der Waals surface area contributed by atoms with Gasteiger partial charge in [-0.2, -0.15) is 0 Å². The molecule has 0 rings (SSSR count). The molecule has 334 valence electrons. The van der Waals surface area contributed by atoms with Gasteiger partial charge in [0.05, 0.1) is 0 Å². The zero-order chi connectivity index (χ0) is 42.3. The molecule has 6 nitrogen and oxygen atoms in total. The summed E-state index contributed by atoms with van der Waals surface area (Å²) in [6, 6.07) is 0. The molecule has 0 saturated heterocycles. The SMILES string of the molecule is CCCC/C=C\CCCCCCCC(=O)O[C@@H](COC(=O)CCCCC/C=C\C/C=C\C/C=C\C/C=C\CCCCC)COC(=O)CCCCCCCCCCCC. The fourth-order valence-corrected chi connectivity index (χ4v) is 6.52. The predicted octanol–water partition coefficient (Wildman–Crippen LogP) is 15.7. The highest BCUT2D eigenvalue weighted by Gasteiger charge is 2.19. The molecule has 1 atom stereocenters. The van der Waals surface area contributed by atoms with Crippen molar-refractivity contribution in [3.8, 4) is 0 Å². The zero-order valence-corrected chi connectivity index (χ0v) is 38.0. The van der Waals surface area contributed by atoms with E-state index in [0.29, 0.717) is 19.3 Å². The quantitative estimate of drug-likeness (QED) is 0.0264. The molecular weight excluding hydrogens is 721 g/mol. The molecule has 0 heterocycles. The Bertz CT molecular complexity index is 1070. The van der Waals surface area contributed by atoms with Crippen molar-refractivity contribution in [2.45, 2.75) is 239 Å². The van der Waals surface area contributed by atoms with E-state index in [1.807, 2.05) is 0 Å². The van der Waals surface area contributed by atoms with Gasteiger partial charge >= 0.3 is 17.9 Å². The van der Waals surface area contributed by atoms with E-state index in [0.717, 1.165) is 96.3 Å². The normalized spacial score (nSPS) is 12.5. The maximum Gasteiger partial charge on any atom is 0.306 e. The molecule has 0 aromatic heterocycles. The van der Waals surface area contributed by atoms with E-state index in [1.165, 1.54) is 96.3 Å². The third kappa shape index (κ3) is 44.2. The third-order valence-electron chi connectivity index (χ3n) is 10.2. The first-order chi connectivity index (χ1) is 28.5. The highest BCUT2D eigenvalue weighted by molar-refractivity contribution is 5.71. The van der Waals surface area contributed by atoms with Crippen LogP contribution in [0.15, 0.2) is 60.8 Å². The second-order valence-corrected chi connectivity index (χ2v) is 16.0. The summed E-state index contributed by atoms with van der Waals surface area (Å²) in [5.41, 5.74) is 0. The van der Waals surface area contributed by atoms with E-state index in [1.54, 1.807) is 0 Å². The number of carbonyl (C=O) groups excluding carboxylic acids is 3. The van der Waals surface area contributed by atoms with E-state index in [-0.39, 0.29) is 31.1 Å². The lowest BCUT2D eigenvalue weighted by Crippen LogP contribution is -2.30. The van der Waals surface area contributed by atoms with Crippen LogP contribution < -0.4 is 0 Å². The van der Waals surface area contributed by atoms with Gasteiger partial charge in [0.25, 0.3) is 0 Å². The summed E-state index contributed by atoms with van der Waals surface area (Å²) in [6.45, 7) is 6.52. The van der Waals surface area contributed by atoms with Crippen LogP contribution in [0, 0.1) is 0 Å².